The monoisotopic (exact) mass is 286 g/mol. The molecule has 0 bridgehead atoms. The smallest absolute Gasteiger partial charge is 0.354 e. The first-order valence-electron chi connectivity index (χ1n) is 5.74. The van der Waals surface area contributed by atoms with Crippen LogP contribution in [0.3, 0.4) is 0 Å². The number of rotatable bonds is 5. The van der Waals surface area contributed by atoms with Crippen molar-refractivity contribution in [2.24, 2.45) is 5.41 Å². The first-order valence-corrected chi connectivity index (χ1v) is 7.23. The minimum Gasteiger partial charge on any atom is -0.354 e. The molecule has 0 aliphatic carbocycles. The van der Waals surface area contributed by atoms with E-state index in [0.29, 0.717) is 5.75 Å². The van der Waals surface area contributed by atoms with Gasteiger partial charge in [-0.15, -0.1) is 0 Å². The van der Waals surface area contributed by atoms with Gasteiger partial charge in [0.05, 0.1) is 0 Å². The van der Waals surface area contributed by atoms with E-state index in [9.17, 15) is 22.2 Å². The number of halogens is 3. The topological polar surface area (TPSA) is 58.2 Å². The highest BCUT2D eigenvalue weighted by Gasteiger charge is 2.61. The van der Waals surface area contributed by atoms with Crippen molar-refractivity contribution in [3.8, 4) is 0 Å². The van der Waals surface area contributed by atoms with Crippen molar-refractivity contribution >= 4 is 16.7 Å². The summed E-state index contributed by atoms with van der Waals surface area (Å²) in [5.41, 5.74) is -2.33. The molecule has 1 aliphatic heterocycles. The number of carbonyl (C=O) groups excluding carboxylic acids is 1. The molecular weight excluding hydrogens is 269 g/mol. The molecule has 0 aromatic rings. The highest BCUT2D eigenvalue weighted by molar-refractivity contribution is 7.84. The average Bonchev–Trinajstić information content (AvgIpc) is 2.78. The number of carbonyl (C=O) groups is 1. The normalized spacial score (nSPS) is 26.0. The summed E-state index contributed by atoms with van der Waals surface area (Å²) in [5.74, 6) is -0.404. The molecule has 0 aromatic heterocycles. The molecule has 0 aromatic carbocycles. The molecule has 2 N–H and O–H groups in total. The second kappa shape index (κ2) is 6.01. The van der Waals surface area contributed by atoms with E-state index in [0.717, 1.165) is 0 Å². The second-order valence-electron chi connectivity index (χ2n) is 4.20. The minimum atomic E-state index is -4.56. The van der Waals surface area contributed by atoms with Crippen molar-refractivity contribution in [2.75, 3.05) is 31.1 Å². The Balaban J connectivity index is 2.60. The van der Waals surface area contributed by atoms with Crippen LogP contribution in [-0.4, -0.2) is 47.4 Å². The molecule has 1 saturated heterocycles. The molecule has 4 nitrogen and oxygen atoms in total. The average molecular weight is 286 g/mol. The van der Waals surface area contributed by atoms with Gasteiger partial charge in [-0.3, -0.25) is 9.00 Å². The largest absolute Gasteiger partial charge is 0.404 e. The van der Waals surface area contributed by atoms with Crippen LogP contribution < -0.4 is 10.6 Å². The summed E-state index contributed by atoms with van der Waals surface area (Å²) < 4.78 is 50.0. The second-order valence-corrected chi connectivity index (χ2v) is 6.06. The van der Waals surface area contributed by atoms with Crippen LogP contribution in [0.4, 0.5) is 13.2 Å². The fourth-order valence-electron chi connectivity index (χ4n) is 1.85. The molecule has 2 atom stereocenters. The summed E-state index contributed by atoms with van der Waals surface area (Å²) in [4.78, 5) is 11.7. The zero-order valence-corrected chi connectivity index (χ0v) is 10.9. The predicted octanol–water partition coefficient (Wildman–Crippen LogP) is 0.413. The number of amides is 1. The van der Waals surface area contributed by atoms with Gasteiger partial charge in [-0.1, -0.05) is 6.92 Å². The van der Waals surface area contributed by atoms with Crippen LogP contribution in [0.15, 0.2) is 0 Å². The lowest BCUT2D eigenvalue weighted by Crippen LogP contribution is -2.52. The highest BCUT2D eigenvalue weighted by Crippen LogP contribution is 2.43. The maximum Gasteiger partial charge on any atom is 0.404 e. The van der Waals surface area contributed by atoms with E-state index in [1.807, 2.05) is 0 Å². The molecule has 1 heterocycles. The van der Waals surface area contributed by atoms with E-state index < -0.39 is 28.3 Å². The van der Waals surface area contributed by atoms with Gasteiger partial charge in [0.25, 0.3) is 0 Å². The van der Waals surface area contributed by atoms with E-state index in [2.05, 4.69) is 10.6 Å². The van der Waals surface area contributed by atoms with Crippen LogP contribution in [0.1, 0.15) is 13.3 Å². The quantitative estimate of drug-likeness (QED) is 0.770. The van der Waals surface area contributed by atoms with Gasteiger partial charge in [0.2, 0.25) is 5.91 Å². The van der Waals surface area contributed by atoms with Crippen LogP contribution >= 0.6 is 0 Å². The van der Waals surface area contributed by atoms with E-state index >= 15 is 0 Å². The summed E-state index contributed by atoms with van der Waals surface area (Å²) in [6, 6.07) is 0. The Kier molecular flexibility index (Phi) is 5.15. The Bertz CT molecular complexity index is 328. The maximum atomic E-state index is 13.0. The van der Waals surface area contributed by atoms with Crippen molar-refractivity contribution in [3.63, 3.8) is 0 Å². The highest BCUT2D eigenvalue weighted by atomic mass is 32.2. The van der Waals surface area contributed by atoms with Crippen molar-refractivity contribution in [2.45, 2.75) is 19.5 Å². The zero-order valence-electron chi connectivity index (χ0n) is 10.1. The Labute approximate surface area is 106 Å². The van der Waals surface area contributed by atoms with Crippen LogP contribution in [0.25, 0.3) is 0 Å². The van der Waals surface area contributed by atoms with Gasteiger partial charge < -0.3 is 10.6 Å². The maximum absolute atomic E-state index is 13.0. The van der Waals surface area contributed by atoms with Crippen molar-refractivity contribution in [1.82, 2.24) is 10.6 Å². The van der Waals surface area contributed by atoms with Gasteiger partial charge in [0.1, 0.15) is 0 Å². The van der Waals surface area contributed by atoms with Crippen molar-refractivity contribution in [1.29, 1.82) is 0 Å². The van der Waals surface area contributed by atoms with E-state index in [4.69, 9.17) is 0 Å². The molecule has 8 heteroatoms. The Morgan fingerprint density at radius 1 is 1.50 bits per heavy atom. The molecule has 0 spiro atoms. The van der Waals surface area contributed by atoms with Gasteiger partial charge >= 0.3 is 6.18 Å². The number of nitrogens with one attached hydrogen (secondary N) is 2. The summed E-state index contributed by atoms with van der Waals surface area (Å²) in [6.07, 6.45) is -4.82. The van der Waals surface area contributed by atoms with Gasteiger partial charge in [0, 0.05) is 35.4 Å². The molecule has 0 saturated carbocycles. The summed E-state index contributed by atoms with van der Waals surface area (Å²) in [6.45, 7) is 1.51. The van der Waals surface area contributed by atoms with E-state index in [-0.39, 0.29) is 31.8 Å². The lowest BCUT2D eigenvalue weighted by Gasteiger charge is -2.29. The molecule has 1 aliphatic rings. The SMILES string of the molecule is CCS(=O)CCNC(=O)C1(C(F)(F)F)CCNC1. The van der Waals surface area contributed by atoms with Gasteiger partial charge in [-0.05, 0) is 13.0 Å². The van der Waals surface area contributed by atoms with E-state index in [1.165, 1.54) is 0 Å². The Hall–Kier alpha value is -0.630. The molecule has 2 unspecified atom stereocenters. The molecule has 106 valence electrons. The molecule has 1 fully saturated rings. The third-order valence-corrected chi connectivity index (χ3v) is 4.37. The number of hydrogen-bond acceptors (Lipinski definition) is 3. The fraction of sp³-hybridized carbons (Fsp3) is 0.900. The fourth-order valence-corrected chi connectivity index (χ4v) is 2.47. The van der Waals surface area contributed by atoms with Crippen molar-refractivity contribution < 1.29 is 22.2 Å². The van der Waals surface area contributed by atoms with Gasteiger partial charge in [0.15, 0.2) is 5.41 Å². The molecule has 1 amide bonds. The molecule has 0 radical (unpaired) electrons. The summed E-state index contributed by atoms with van der Waals surface area (Å²) in [7, 11) is -1.09. The summed E-state index contributed by atoms with van der Waals surface area (Å²) in [5, 5.41) is 4.82. The predicted molar refractivity (Wildman–Crippen MR) is 62.5 cm³/mol. The minimum absolute atomic E-state index is 0.0110. The third kappa shape index (κ3) is 3.23. The first-order chi connectivity index (χ1) is 8.33. The molecule has 18 heavy (non-hydrogen) atoms. The molecule has 1 rings (SSSR count). The van der Waals surface area contributed by atoms with E-state index in [1.54, 1.807) is 6.92 Å². The van der Waals surface area contributed by atoms with Crippen LogP contribution in [0.5, 0.6) is 0 Å². The first kappa shape index (κ1) is 15.4. The number of alkyl halides is 3. The Morgan fingerprint density at radius 3 is 2.61 bits per heavy atom. The number of hydrogen-bond donors (Lipinski definition) is 2. The van der Waals surface area contributed by atoms with Crippen LogP contribution in [0.2, 0.25) is 0 Å². The van der Waals surface area contributed by atoms with Gasteiger partial charge in [-0.2, -0.15) is 13.2 Å². The summed E-state index contributed by atoms with van der Waals surface area (Å²) >= 11 is 0. The standard InChI is InChI=1S/C10H17F3N2O2S/c1-2-18(17)6-5-15-8(16)9(10(11,12)13)3-4-14-7-9/h14H,2-7H2,1H3,(H,15,16). The van der Waals surface area contributed by atoms with Crippen LogP contribution in [0, 0.1) is 5.41 Å². The lowest BCUT2D eigenvalue weighted by atomic mass is 9.85. The Morgan fingerprint density at radius 2 is 2.17 bits per heavy atom. The molecular formula is C10H17F3N2O2S. The lowest BCUT2D eigenvalue weighted by molar-refractivity contribution is -0.215. The van der Waals surface area contributed by atoms with Crippen LogP contribution in [-0.2, 0) is 15.6 Å². The van der Waals surface area contributed by atoms with Crippen molar-refractivity contribution in [3.05, 3.63) is 0 Å². The zero-order chi connectivity index (χ0) is 13.8. The van der Waals surface area contributed by atoms with Gasteiger partial charge in [-0.25, -0.2) is 0 Å². The third-order valence-electron chi connectivity index (χ3n) is 3.07.